The Labute approximate surface area is 629 Å². The van der Waals surface area contributed by atoms with Crippen LogP contribution in [0.4, 0.5) is 0 Å². The summed E-state index contributed by atoms with van der Waals surface area (Å²) < 4.78 is 129. The zero-order valence-corrected chi connectivity index (χ0v) is 65.0. The van der Waals surface area contributed by atoms with E-state index in [2.05, 4.69) is 38.0 Å². The Kier molecular flexibility index (Phi) is 61.1. The van der Waals surface area contributed by atoms with Gasteiger partial charge in [0.25, 0.3) is 0 Å². The maximum absolute atomic E-state index is 6.62. The molecule has 3 aromatic carbocycles. The van der Waals surface area contributed by atoms with Crippen LogP contribution in [0, 0.1) is 0 Å². The molecule has 0 spiro atoms. The van der Waals surface area contributed by atoms with Crippen molar-refractivity contribution in [2.24, 2.45) is 0 Å². The van der Waals surface area contributed by atoms with Gasteiger partial charge in [-0.3, -0.25) is 0 Å². The molecule has 0 fully saturated rings. The minimum Gasteiger partial charge on any atom is -0.493 e. The second kappa shape index (κ2) is 69.4. The Hall–Kier alpha value is -5.04. The molecule has 25 nitrogen and oxygen atoms in total. The summed E-state index contributed by atoms with van der Waals surface area (Å²) in [5.41, 5.74) is 3.52. The lowest BCUT2D eigenvalue weighted by atomic mass is 10.1. The van der Waals surface area contributed by atoms with Gasteiger partial charge in [-0.25, -0.2) is 4.68 Å². The maximum Gasteiger partial charge on any atom is 0.123 e. The van der Waals surface area contributed by atoms with Crippen molar-refractivity contribution >= 4 is 0 Å². The molecule has 0 unspecified atom stereocenters. The number of ether oxygens (including phenoxy) is 22. The Morgan fingerprint density at radius 1 is 0.229 bits per heavy atom. The second-order valence-electron chi connectivity index (χ2n) is 24.9. The lowest BCUT2D eigenvalue weighted by Gasteiger charge is -2.16. The first-order valence-corrected chi connectivity index (χ1v) is 39.3. The molecule has 1 aromatic heterocycles. The average molecular weight is 1490 g/mol. The SMILES string of the molecule is CCCCCCOc1cc(COc2cc(Cn3cc(COCCOCCOCCOCCOCCOCCOCCOCCOCCOCCOCCOCCOCCOCCOCCOCC)nn3)cc(OCc3cc(OCCCCCC)cc(OCCCCCC)c3)c2)cc(OCCCCCC)c1. The molecule has 105 heavy (non-hydrogen) atoms. The molecule has 0 atom stereocenters. The monoisotopic (exact) mass is 1490 g/mol. The third-order valence-electron chi connectivity index (χ3n) is 15.7. The van der Waals surface area contributed by atoms with Crippen molar-refractivity contribution in [2.45, 2.75) is 164 Å². The predicted octanol–water partition coefficient (Wildman–Crippen LogP) is 13.1. The van der Waals surface area contributed by atoms with Gasteiger partial charge in [0.2, 0.25) is 0 Å². The molecule has 4 aromatic rings. The molecule has 0 bridgehead atoms. The highest BCUT2D eigenvalue weighted by molar-refractivity contribution is 5.42. The minimum absolute atomic E-state index is 0.286. The molecule has 0 saturated carbocycles. The van der Waals surface area contributed by atoms with E-state index < -0.39 is 0 Å². The molecule has 4 rings (SSSR count). The standard InChI is InChI=1S/C80H135N3O22/c1-6-11-15-19-23-100-75-59-72(60-76(63-75)101-24-20-16-12-7-2)68-104-79-57-71(58-80(65-79)105-69-73-61-77(102-25-21-17-13-8-3)64-78(62-73)103-26-22-18-14-9-4)66-83-67-74(81-82-83)70-99-56-55-98-54-53-97-52-51-96-50-49-95-48-47-94-46-45-93-44-43-92-42-41-91-40-39-90-38-37-89-36-35-88-34-33-87-32-31-86-30-29-85-28-27-84-10-5/h57-65,67H,6-56,66,68-70H2,1-5H3. The van der Waals surface area contributed by atoms with Crippen molar-refractivity contribution in [3.8, 4) is 34.5 Å². The quantitative estimate of drug-likeness (QED) is 0.0374. The van der Waals surface area contributed by atoms with Crippen molar-refractivity contribution in [1.82, 2.24) is 15.0 Å². The molecule has 0 radical (unpaired) electrons. The van der Waals surface area contributed by atoms with Crippen LogP contribution in [-0.2, 0) is 102 Å². The van der Waals surface area contributed by atoms with E-state index in [-0.39, 0.29) is 6.61 Å². The summed E-state index contributed by atoms with van der Waals surface area (Å²) in [6, 6.07) is 18.2. The van der Waals surface area contributed by atoms with Crippen molar-refractivity contribution in [2.75, 3.05) is 231 Å². The van der Waals surface area contributed by atoms with Crippen LogP contribution in [0.15, 0.2) is 60.8 Å². The van der Waals surface area contributed by atoms with Gasteiger partial charge in [-0.2, -0.15) is 0 Å². The van der Waals surface area contributed by atoms with Gasteiger partial charge < -0.3 is 104 Å². The van der Waals surface area contributed by atoms with E-state index in [1.54, 1.807) is 4.68 Å². The largest absolute Gasteiger partial charge is 0.493 e. The number of benzene rings is 3. The Morgan fingerprint density at radius 2 is 0.467 bits per heavy atom. The second-order valence-corrected chi connectivity index (χ2v) is 24.9. The van der Waals surface area contributed by atoms with Crippen LogP contribution < -0.4 is 28.4 Å². The molecule has 0 aliphatic heterocycles. The van der Waals surface area contributed by atoms with Gasteiger partial charge in [0.15, 0.2) is 0 Å². The molecule has 602 valence electrons. The van der Waals surface area contributed by atoms with Crippen LogP contribution in [0.5, 0.6) is 34.5 Å². The zero-order chi connectivity index (χ0) is 74.3. The van der Waals surface area contributed by atoms with Crippen LogP contribution in [-0.4, -0.2) is 246 Å². The van der Waals surface area contributed by atoms with Crippen molar-refractivity contribution in [1.29, 1.82) is 0 Å². The van der Waals surface area contributed by atoms with Crippen molar-refractivity contribution in [3.63, 3.8) is 0 Å². The number of unbranched alkanes of at least 4 members (excludes halogenated alkanes) is 12. The predicted molar refractivity (Wildman–Crippen MR) is 403 cm³/mol. The van der Waals surface area contributed by atoms with Gasteiger partial charge in [0.05, 0.1) is 244 Å². The van der Waals surface area contributed by atoms with Crippen LogP contribution in [0.1, 0.15) is 160 Å². The first-order chi connectivity index (χ1) is 52.0. The Balaban J connectivity index is 1.03. The van der Waals surface area contributed by atoms with E-state index in [4.69, 9.17) is 104 Å². The molecule has 25 heteroatoms. The summed E-state index contributed by atoms with van der Waals surface area (Å²) in [5, 5.41) is 8.87. The fourth-order valence-corrected chi connectivity index (χ4v) is 10.0. The summed E-state index contributed by atoms with van der Waals surface area (Å²) in [7, 11) is 0. The van der Waals surface area contributed by atoms with Crippen LogP contribution in [0.25, 0.3) is 0 Å². The summed E-state index contributed by atoms with van der Waals surface area (Å²) in [4.78, 5) is 0. The molecule has 0 aliphatic carbocycles. The summed E-state index contributed by atoms with van der Waals surface area (Å²) in [5.74, 6) is 4.43. The third-order valence-corrected chi connectivity index (χ3v) is 15.7. The van der Waals surface area contributed by atoms with E-state index in [0.717, 1.165) is 91.1 Å². The molecule has 0 amide bonds. The van der Waals surface area contributed by atoms with Gasteiger partial charge in [0, 0.05) is 24.8 Å². The molecule has 0 N–H and O–H groups in total. The van der Waals surface area contributed by atoms with Crippen LogP contribution in [0.3, 0.4) is 0 Å². The topological polar surface area (TPSA) is 234 Å². The number of hydrogen-bond acceptors (Lipinski definition) is 24. The third kappa shape index (κ3) is 54.2. The summed E-state index contributed by atoms with van der Waals surface area (Å²) in [6.45, 7) is 30.1. The molecular weight excluding hydrogens is 1350 g/mol. The fraction of sp³-hybridized carbons (Fsp3) is 0.750. The summed E-state index contributed by atoms with van der Waals surface area (Å²) in [6.07, 6.45) is 19.9. The van der Waals surface area contributed by atoms with E-state index in [0.29, 0.717) is 268 Å². The molecule has 0 aliphatic rings. The number of rotatable bonds is 80. The lowest BCUT2D eigenvalue weighted by Crippen LogP contribution is -2.15. The van der Waals surface area contributed by atoms with Gasteiger partial charge in [-0.1, -0.05) is 110 Å². The van der Waals surface area contributed by atoms with Gasteiger partial charge >= 0.3 is 0 Å². The maximum atomic E-state index is 6.62. The number of nitrogens with zero attached hydrogens (tertiary/aromatic N) is 3. The highest BCUT2D eigenvalue weighted by atomic mass is 16.6. The first-order valence-electron chi connectivity index (χ1n) is 39.3. The minimum atomic E-state index is 0.286. The zero-order valence-electron chi connectivity index (χ0n) is 65.0. The lowest BCUT2D eigenvalue weighted by molar-refractivity contribution is -0.0304. The number of aromatic nitrogens is 3. The molecule has 0 saturated heterocycles. The Morgan fingerprint density at radius 3 is 0.724 bits per heavy atom. The summed E-state index contributed by atoms with van der Waals surface area (Å²) >= 11 is 0. The van der Waals surface area contributed by atoms with Gasteiger partial charge in [-0.05, 0) is 85.7 Å². The molecule has 1 heterocycles. The van der Waals surface area contributed by atoms with Crippen molar-refractivity contribution < 1.29 is 104 Å². The normalized spacial score (nSPS) is 11.5. The molecular formula is C80H135N3O22. The highest BCUT2D eigenvalue weighted by Crippen LogP contribution is 2.30. The highest BCUT2D eigenvalue weighted by Gasteiger charge is 2.13. The van der Waals surface area contributed by atoms with E-state index in [9.17, 15) is 0 Å². The van der Waals surface area contributed by atoms with Gasteiger partial charge in [-0.15, -0.1) is 5.10 Å². The van der Waals surface area contributed by atoms with Crippen LogP contribution in [0.2, 0.25) is 0 Å². The van der Waals surface area contributed by atoms with Crippen LogP contribution >= 0.6 is 0 Å². The average Bonchev–Trinajstić information content (AvgIpc) is 1.69. The first kappa shape index (κ1) is 92.3. The van der Waals surface area contributed by atoms with E-state index >= 15 is 0 Å². The smallest absolute Gasteiger partial charge is 0.123 e. The number of hydrogen-bond donors (Lipinski definition) is 0. The fourth-order valence-electron chi connectivity index (χ4n) is 10.0. The van der Waals surface area contributed by atoms with Gasteiger partial charge in [0.1, 0.15) is 53.4 Å². The Bertz CT molecular complexity index is 2390. The van der Waals surface area contributed by atoms with E-state index in [1.165, 1.54) is 51.4 Å². The van der Waals surface area contributed by atoms with Crippen molar-refractivity contribution in [3.05, 3.63) is 83.2 Å². The van der Waals surface area contributed by atoms with E-state index in [1.807, 2.05) is 67.7 Å².